The number of ether oxygens (including phenoxy) is 1. The number of hydrogen-bond acceptors (Lipinski definition) is 4. The van der Waals surface area contributed by atoms with Crippen molar-refractivity contribution >= 4 is 5.97 Å². The molecule has 1 aromatic heterocycles. The smallest absolute Gasteiger partial charge is 0.308 e. The van der Waals surface area contributed by atoms with Crippen molar-refractivity contribution in [3.8, 4) is 28.0 Å². The molecule has 0 aliphatic rings. The van der Waals surface area contributed by atoms with Crippen LogP contribution in [0.4, 0.5) is 0 Å². The number of carbonyl (C=O) groups is 1. The van der Waals surface area contributed by atoms with Crippen LogP contribution in [0.5, 0.6) is 5.75 Å². The van der Waals surface area contributed by atoms with E-state index in [-0.39, 0.29) is 11.3 Å². The summed E-state index contributed by atoms with van der Waals surface area (Å²) in [4.78, 5) is 24.9. The maximum absolute atomic E-state index is 13.1. The molecule has 0 N–H and O–H groups in total. The van der Waals surface area contributed by atoms with Crippen LogP contribution >= 0.6 is 0 Å². The van der Waals surface area contributed by atoms with Crippen molar-refractivity contribution in [2.24, 2.45) is 7.05 Å². The Labute approximate surface area is 171 Å². The largest absolute Gasteiger partial charge is 0.424 e. The molecule has 29 heavy (non-hydrogen) atoms. The molecule has 0 aliphatic carbocycles. The monoisotopic (exact) mass is 390 g/mol. The van der Waals surface area contributed by atoms with Crippen LogP contribution in [0, 0.1) is 6.92 Å². The Morgan fingerprint density at radius 1 is 1.00 bits per heavy atom. The molecule has 0 amide bonds. The van der Waals surface area contributed by atoms with E-state index in [9.17, 15) is 9.59 Å². The summed E-state index contributed by atoms with van der Waals surface area (Å²) in [5, 5.41) is 4.22. The van der Waals surface area contributed by atoms with E-state index in [0.717, 1.165) is 40.7 Å². The molecule has 150 valence electrons. The van der Waals surface area contributed by atoms with E-state index in [4.69, 9.17) is 4.74 Å². The number of nitrogens with zero attached hydrogens (tertiary/aromatic N) is 2. The molecule has 3 aromatic rings. The summed E-state index contributed by atoms with van der Waals surface area (Å²) in [6.45, 7) is 7.21. The molecular weight excluding hydrogens is 364 g/mol. The lowest BCUT2D eigenvalue weighted by Crippen LogP contribution is -2.25. The Morgan fingerprint density at radius 2 is 1.59 bits per heavy atom. The van der Waals surface area contributed by atoms with Crippen LogP contribution in [-0.2, 0) is 24.7 Å². The maximum Gasteiger partial charge on any atom is 0.308 e. The van der Waals surface area contributed by atoms with E-state index in [1.807, 2.05) is 18.2 Å². The molecule has 5 heteroatoms. The highest BCUT2D eigenvalue weighted by atomic mass is 16.5. The van der Waals surface area contributed by atoms with Crippen molar-refractivity contribution in [3.63, 3.8) is 0 Å². The van der Waals surface area contributed by atoms with Gasteiger partial charge in [0.25, 0.3) is 5.56 Å². The number of esters is 1. The average molecular weight is 390 g/mol. The zero-order chi connectivity index (χ0) is 21.1. The predicted molar refractivity (Wildman–Crippen MR) is 115 cm³/mol. The van der Waals surface area contributed by atoms with Crippen LogP contribution in [0.25, 0.3) is 22.3 Å². The van der Waals surface area contributed by atoms with Gasteiger partial charge in [0.05, 0.1) is 5.56 Å². The topological polar surface area (TPSA) is 61.2 Å². The highest BCUT2D eigenvalue weighted by Gasteiger charge is 2.23. The van der Waals surface area contributed by atoms with Gasteiger partial charge in [0, 0.05) is 14.0 Å². The van der Waals surface area contributed by atoms with Gasteiger partial charge in [-0.15, -0.1) is 0 Å². The van der Waals surface area contributed by atoms with Gasteiger partial charge in [-0.05, 0) is 47.6 Å². The highest BCUT2D eigenvalue weighted by molar-refractivity contribution is 5.82. The molecule has 0 unspecified atom stereocenters. The van der Waals surface area contributed by atoms with Gasteiger partial charge >= 0.3 is 5.97 Å². The van der Waals surface area contributed by atoms with Gasteiger partial charge in [0.15, 0.2) is 5.75 Å². The molecule has 0 fully saturated rings. The molecule has 1 heterocycles. The van der Waals surface area contributed by atoms with Crippen LogP contribution in [0.1, 0.15) is 37.6 Å². The van der Waals surface area contributed by atoms with Gasteiger partial charge in [-0.3, -0.25) is 9.59 Å². The van der Waals surface area contributed by atoms with Gasteiger partial charge in [0.2, 0.25) is 0 Å². The second kappa shape index (κ2) is 8.43. The van der Waals surface area contributed by atoms with E-state index in [0.29, 0.717) is 11.3 Å². The summed E-state index contributed by atoms with van der Waals surface area (Å²) in [7, 11) is 1.62. The van der Waals surface area contributed by atoms with E-state index in [2.05, 4.69) is 43.2 Å². The van der Waals surface area contributed by atoms with E-state index in [1.54, 1.807) is 14.0 Å². The number of rotatable bonds is 5. The average Bonchev–Trinajstić information content (AvgIpc) is 2.72. The SMILES string of the molecule is CCc1cc(-c2ccccc2)cc(CC)c1-c1c(OC(C)=O)c(C)nn(C)c1=O. The molecule has 0 radical (unpaired) electrons. The van der Waals surface area contributed by atoms with Crippen LogP contribution in [0.2, 0.25) is 0 Å². The van der Waals surface area contributed by atoms with Crippen LogP contribution < -0.4 is 10.3 Å². The first-order valence-corrected chi connectivity index (χ1v) is 9.85. The van der Waals surface area contributed by atoms with Gasteiger partial charge in [-0.2, -0.15) is 5.10 Å². The first kappa shape index (κ1) is 20.5. The van der Waals surface area contributed by atoms with Gasteiger partial charge in [-0.1, -0.05) is 56.3 Å². The lowest BCUT2D eigenvalue weighted by molar-refractivity contribution is -0.131. The third kappa shape index (κ3) is 3.99. The third-order valence-electron chi connectivity index (χ3n) is 5.03. The predicted octanol–water partition coefficient (Wildman–Crippen LogP) is 4.47. The summed E-state index contributed by atoms with van der Waals surface area (Å²) in [5.41, 5.74) is 5.80. The molecule has 0 saturated heterocycles. The molecule has 0 atom stereocenters. The maximum atomic E-state index is 13.1. The molecular formula is C24H26N2O3. The minimum absolute atomic E-state index is 0.248. The van der Waals surface area contributed by atoms with Crippen molar-refractivity contribution in [1.29, 1.82) is 0 Å². The molecule has 3 rings (SSSR count). The Kier molecular flexibility index (Phi) is 5.97. The highest BCUT2D eigenvalue weighted by Crippen LogP contribution is 2.37. The summed E-state index contributed by atoms with van der Waals surface area (Å²) in [6.07, 6.45) is 1.49. The van der Waals surface area contributed by atoms with Crippen molar-refractivity contribution in [1.82, 2.24) is 9.78 Å². The number of aromatic nitrogens is 2. The Hall–Kier alpha value is -3.21. The third-order valence-corrected chi connectivity index (χ3v) is 5.03. The Bertz CT molecular complexity index is 1090. The minimum Gasteiger partial charge on any atom is -0.424 e. The van der Waals surface area contributed by atoms with E-state index in [1.165, 1.54) is 11.6 Å². The summed E-state index contributed by atoms with van der Waals surface area (Å²) < 4.78 is 6.77. The second-order valence-corrected chi connectivity index (χ2v) is 7.05. The molecule has 0 bridgehead atoms. The van der Waals surface area contributed by atoms with Crippen LogP contribution in [0.15, 0.2) is 47.3 Å². The Morgan fingerprint density at radius 3 is 2.10 bits per heavy atom. The number of carbonyl (C=O) groups excluding carboxylic acids is 1. The van der Waals surface area contributed by atoms with Gasteiger partial charge < -0.3 is 4.74 Å². The molecule has 0 saturated carbocycles. The zero-order valence-electron chi connectivity index (χ0n) is 17.6. The fourth-order valence-electron chi connectivity index (χ4n) is 3.69. The van der Waals surface area contributed by atoms with Crippen molar-refractivity contribution in [2.75, 3.05) is 0 Å². The first-order chi connectivity index (χ1) is 13.9. The number of hydrogen-bond donors (Lipinski definition) is 0. The molecule has 5 nitrogen and oxygen atoms in total. The molecule has 0 spiro atoms. The van der Waals surface area contributed by atoms with Gasteiger partial charge in [-0.25, -0.2) is 4.68 Å². The van der Waals surface area contributed by atoms with Crippen LogP contribution in [-0.4, -0.2) is 15.7 Å². The summed E-state index contributed by atoms with van der Waals surface area (Å²) in [6, 6.07) is 14.4. The first-order valence-electron chi connectivity index (χ1n) is 9.85. The number of benzene rings is 2. The molecule has 2 aromatic carbocycles. The summed E-state index contributed by atoms with van der Waals surface area (Å²) >= 11 is 0. The summed E-state index contributed by atoms with van der Waals surface area (Å²) in [5.74, 6) is -0.223. The zero-order valence-corrected chi connectivity index (χ0v) is 17.6. The van der Waals surface area contributed by atoms with Gasteiger partial charge in [0.1, 0.15) is 5.69 Å². The quantitative estimate of drug-likeness (QED) is 0.603. The van der Waals surface area contributed by atoms with E-state index >= 15 is 0 Å². The number of aryl methyl sites for hydroxylation is 4. The van der Waals surface area contributed by atoms with Crippen molar-refractivity contribution < 1.29 is 9.53 Å². The minimum atomic E-state index is -0.471. The lowest BCUT2D eigenvalue weighted by Gasteiger charge is -2.19. The Balaban J connectivity index is 2.37. The lowest BCUT2D eigenvalue weighted by atomic mass is 9.88. The normalized spacial score (nSPS) is 10.8. The second-order valence-electron chi connectivity index (χ2n) is 7.05. The van der Waals surface area contributed by atoms with E-state index < -0.39 is 5.97 Å². The van der Waals surface area contributed by atoms with Crippen molar-refractivity contribution in [2.45, 2.75) is 40.5 Å². The molecule has 0 aliphatic heterocycles. The fraction of sp³-hybridized carbons (Fsp3) is 0.292. The van der Waals surface area contributed by atoms with Crippen LogP contribution in [0.3, 0.4) is 0 Å². The standard InChI is InChI=1S/C24H26N2O3/c1-6-17-13-20(19-11-9-8-10-12-19)14-18(7-2)21(17)22-23(29-16(4)27)15(3)25-26(5)24(22)28/h8-14H,6-7H2,1-5H3. The fourth-order valence-corrected chi connectivity index (χ4v) is 3.69. The van der Waals surface area contributed by atoms with Crippen molar-refractivity contribution in [3.05, 3.63) is 69.6 Å².